The number of nitrogens with one attached hydrogen (secondary N) is 1. The van der Waals surface area contributed by atoms with Gasteiger partial charge in [0.25, 0.3) is 0 Å². The minimum Gasteiger partial charge on any atom is -0.388 e. The molecule has 0 saturated carbocycles. The second kappa shape index (κ2) is 13.1. The molecule has 8 nitrogen and oxygen atoms in total. The van der Waals surface area contributed by atoms with Crippen LogP contribution in [0.3, 0.4) is 0 Å². The lowest BCUT2D eigenvalue weighted by molar-refractivity contribution is 0.122. The van der Waals surface area contributed by atoms with Gasteiger partial charge in [-0.1, -0.05) is 13.8 Å². The van der Waals surface area contributed by atoms with Gasteiger partial charge in [0.1, 0.15) is 5.82 Å². The summed E-state index contributed by atoms with van der Waals surface area (Å²) in [5, 5.41) is 3.18. The lowest BCUT2D eigenvalue weighted by Crippen LogP contribution is -2.37. The molecule has 0 spiro atoms. The Hall–Kier alpha value is -1.91. The number of morpholine rings is 1. The van der Waals surface area contributed by atoms with Gasteiger partial charge in [-0.05, 0) is 57.7 Å². The zero-order chi connectivity index (χ0) is 24.4. The fraction of sp³-hybridized carbons (Fsp3) is 0.583. The van der Waals surface area contributed by atoms with E-state index in [0.29, 0.717) is 30.5 Å². The van der Waals surface area contributed by atoms with Gasteiger partial charge in [0.15, 0.2) is 5.82 Å². The molecule has 3 rings (SSSR count). The highest BCUT2D eigenvalue weighted by atomic mass is 32.3. The minimum absolute atomic E-state index is 0.140. The predicted octanol–water partition coefficient (Wildman–Crippen LogP) is 4.56. The number of aromatic nitrogens is 2. The molecule has 0 aliphatic carbocycles. The Kier molecular flexibility index (Phi) is 10.9. The van der Waals surface area contributed by atoms with Crippen molar-refractivity contribution < 1.29 is 13.8 Å². The maximum Gasteiger partial charge on any atom is 0.161 e. The smallest absolute Gasteiger partial charge is 0.161 e. The molecule has 0 unspecified atom stereocenters. The van der Waals surface area contributed by atoms with Crippen LogP contribution in [0.5, 0.6) is 0 Å². The van der Waals surface area contributed by atoms with Crippen LogP contribution in [-0.2, 0) is 10.5 Å². The molecule has 1 fully saturated rings. The van der Waals surface area contributed by atoms with Gasteiger partial charge in [-0.3, -0.25) is 9.11 Å². The van der Waals surface area contributed by atoms with Crippen molar-refractivity contribution >= 4 is 22.1 Å². The number of hydrogen-bond donors (Lipinski definition) is 3. The van der Waals surface area contributed by atoms with Gasteiger partial charge in [-0.2, -0.15) is 10.6 Å². The van der Waals surface area contributed by atoms with Crippen LogP contribution in [-0.4, -0.2) is 83.7 Å². The Bertz CT molecular complexity index is 873. The number of anilines is 2. The standard InChI is InChI=1S/C22H35N5O3S.C2H6/c1-17-14-18(6-7-20(17)23-2)22-24-19(16-31(28,29)13-5-8-26(3)4)15-21(25-22)27-9-11-30-12-10-27;1-2/h6-7,14-15,23,28-29H,5,8-13,16H2,1-4H3;1-2H3. The topological polar surface area (TPSA) is 94.0 Å². The average molecular weight is 480 g/mol. The van der Waals surface area contributed by atoms with E-state index in [4.69, 9.17) is 14.7 Å². The summed E-state index contributed by atoms with van der Waals surface area (Å²) < 4.78 is 26.8. The molecule has 33 heavy (non-hydrogen) atoms. The van der Waals surface area contributed by atoms with Gasteiger partial charge in [0.2, 0.25) is 0 Å². The van der Waals surface area contributed by atoms with Gasteiger partial charge in [0.05, 0.1) is 24.7 Å². The van der Waals surface area contributed by atoms with Crippen LogP contribution in [0.1, 0.15) is 31.5 Å². The molecule has 2 aromatic rings. The number of ether oxygens (including phenoxy) is 1. The first-order chi connectivity index (χ1) is 15.8. The molecular formula is C24H41N5O3S. The van der Waals surface area contributed by atoms with E-state index < -0.39 is 10.6 Å². The van der Waals surface area contributed by atoms with Crippen LogP contribution in [0, 0.1) is 6.92 Å². The molecule has 1 aliphatic rings. The molecule has 2 heterocycles. The molecular weight excluding hydrogens is 438 g/mol. The molecule has 1 aromatic carbocycles. The van der Waals surface area contributed by atoms with Crippen LogP contribution >= 0.6 is 10.6 Å². The Labute approximate surface area is 200 Å². The highest BCUT2D eigenvalue weighted by Gasteiger charge is 2.20. The molecule has 0 radical (unpaired) electrons. The number of nitrogens with zero attached hydrogens (tertiary/aromatic N) is 4. The number of hydrogen-bond acceptors (Lipinski definition) is 8. The summed E-state index contributed by atoms with van der Waals surface area (Å²) >= 11 is 0. The van der Waals surface area contributed by atoms with Gasteiger partial charge in [-0.25, -0.2) is 9.97 Å². The number of rotatable bonds is 9. The second-order valence-corrected chi connectivity index (χ2v) is 10.5. The lowest BCUT2D eigenvalue weighted by atomic mass is 10.1. The summed E-state index contributed by atoms with van der Waals surface area (Å²) in [5.41, 5.74) is 3.74. The van der Waals surface area contributed by atoms with E-state index >= 15 is 0 Å². The van der Waals surface area contributed by atoms with Crippen molar-refractivity contribution in [1.82, 2.24) is 14.9 Å². The SMILES string of the molecule is CC.CNc1ccc(-c2nc(CS(O)(O)CCCN(C)C)cc(N3CCOCC3)n2)cc1C. The van der Waals surface area contributed by atoms with Crippen LogP contribution in [0.2, 0.25) is 0 Å². The molecule has 1 saturated heterocycles. The van der Waals surface area contributed by atoms with E-state index in [2.05, 4.69) is 16.3 Å². The third kappa shape index (κ3) is 8.42. The molecule has 1 aromatic heterocycles. The predicted molar refractivity (Wildman–Crippen MR) is 141 cm³/mol. The zero-order valence-electron chi connectivity index (χ0n) is 21.0. The Balaban J connectivity index is 0.00000187. The quantitative estimate of drug-likeness (QED) is 0.482. The van der Waals surface area contributed by atoms with Crippen LogP contribution in [0.25, 0.3) is 11.4 Å². The summed E-state index contributed by atoms with van der Waals surface area (Å²) in [6.07, 6.45) is 0.730. The van der Waals surface area contributed by atoms with E-state index in [1.807, 2.05) is 65.0 Å². The highest BCUT2D eigenvalue weighted by molar-refractivity contribution is 8.23. The van der Waals surface area contributed by atoms with E-state index in [-0.39, 0.29) is 5.75 Å². The summed E-state index contributed by atoms with van der Waals surface area (Å²) in [4.78, 5) is 13.8. The van der Waals surface area contributed by atoms with Crippen molar-refractivity contribution in [3.63, 3.8) is 0 Å². The maximum atomic E-state index is 10.7. The second-order valence-electron chi connectivity index (χ2n) is 8.23. The van der Waals surface area contributed by atoms with Crippen molar-refractivity contribution in [2.45, 2.75) is 32.9 Å². The summed E-state index contributed by atoms with van der Waals surface area (Å²) in [6, 6.07) is 7.97. The fourth-order valence-electron chi connectivity index (χ4n) is 3.64. The van der Waals surface area contributed by atoms with Crippen molar-refractivity contribution in [1.29, 1.82) is 0 Å². The monoisotopic (exact) mass is 479 g/mol. The number of benzene rings is 1. The summed E-state index contributed by atoms with van der Waals surface area (Å²) in [5.74, 6) is 1.92. The van der Waals surface area contributed by atoms with Crippen molar-refractivity contribution in [3.8, 4) is 11.4 Å². The number of aryl methyl sites for hydroxylation is 1. The molecule has 186 valence electrons. The third-order valence-corrected chi connectivity index (χ3v) is 7.01. The largest absolute Gasteiger partial charge is 0.388 e. The molecule has 0 amide bonds. The van der Waals surface area contributed by atoms with Crippen LogP contribution in [0.4, 0.5) is 11.5 Å². The Morgan fingerprint density at radius 3 is 2.42 bits per heavy atom. The van der Waals surface area contributed by atoms with E-state index in [9.17, 15) is 9.11 Å². The highest BCUT2D eigenvalue weighted by Crippen LogP contribution is 2.43. The third-order valence-electron chi connectivity index (χ3n) is 5.31. The van der Waals surface area contributed by atoms with Crippen molar-refractivity contribution in [3.05, 3.63) is 35.5 Å². The van der Waals surface area contributed by atoms with E-state index in [1.54, 1.807) is 0 Å². The maximum absolute atomic E-state index is 10.7. The molecule has 0 bridgehead atoms. The molecule has 3 N–H and O–H groups in total. The Morgan fingerprint density at radius 2 is 1.82 bits per heavy atom. The van der Waals surface area contributed by atoms with Crippen molar-refractivity contribution in [2.75, 3.05) is 70.0 Å². The summed E-state index contributed by atoms with van der Waals surface area (Å²) in [7, 11) is 3.10. The van der Waals surface area contributed by atoms with Crippen LogP contribution < -0.4 is 10.2 Å². The molecule has 1 aliphatic heterocycles. The van der Waals surface area contributed by atoms with Crippen LogP contribution in [0.15, 0.2) is 24.3 Å². The van der Waals surface area contributed by atoms with Gasteiger partial charge in [-0.15, -0.1) is 0 Å². The molecule has 0 atom stereocenters. The van der Waals surface area contributed by atoms with Crippen molar-refractivity contribution in [2.24, 2.45) is 0 Å². The first kappa shape index (κ1) is 27.3. The molecule has 9 heteroatoms. The minimum atomic E-state index is -2.77. The first-order valence-corrected chi connectivity index (χ1v) is 13.5. The first-order valence-electron chi connectivity index (χ1n) is 11.6. The Morgan fingerprint density at radius 1 is 1.12 bits per heavy atom. The zero-order valence-corrected chi connectivity index (χ0v) is 21.8. The van der Waals surface area contributed by atoms with E-state index in [1.165, 1.54) is 0 Å². The summed E-state index contributed by atoms with van der Waals surface area (Å²) in [6.45, 7) is 9.69. The fourth-order valence-corrected chi connectivity index (χ4v) is 5.00. The lowest BCUT2D eigenvalue weighted by Gasteiger charge is -2.33. The van der Waals surface area contributed by atoms with Gasteiger partial charge >= 0.3 is 0 Å². The normalized spacial score (nSPS) is 14.6. The van der Waals surface area contributed by atoms with Gasteiger partial charge < -0.3 is 19.9 Å². The average Bonchev–Trinajstić information content (AvgIpc) is 2.80. The van der Waals surface area contributed by atoms with E-state index in [0.717, 1.165) is 48.7 Å². The van der Waals surface area contributed by atoms with Gasteiger partial charge in [0, 0.05) is 43.2 Å².